The van der Waals surface area contributed by atoms with Crippen molar-refractivity contribution in [3.05, 3.63) is 28.0 Å². The first-order chi connectivity index (χ1) is 10.0. The summed E-state index contributed by atoms with van der Waals surface area (Å²) in [6, 6.07) is 1.92. The van der Waals surface area contributed by atoms with Gasteiger partial charge in [-0.25, -0.2) is 4.79 Å². The van der Waals surface area contributed by atoms with Crippen LogP contribution in [-0.2, 0) is 16.1 Å². The second-order valence-corrected chi connectivity index (χ2v) is 6.07. The minimum absolute atomic E-state index is 0.169. The molecule has 5 heteroatoms. The third kappa shape index (κ3) is 7.09. The Hall–Kier alpha value is -1.62. The van der Waals surface area contributed by atoms with Crippen molar-refractivity contribution in [2.24, 2.45) is 0 Å². The first-order valence-corrected chi connectivity index (χ1v) is 8.13. The van der Waals surface area contributed by atoms with Gasteiger partial charge in [-0.1, -0.05) is 26.2 Å². The molecule has 116 valence electrons. The van der Waals surface area contributed by atoms with Gasteiger partial charge in [0.25, 0.3) is 0 Å². The fourth-order valence-electron chi connectivity index (χ4n) is 1.95. The molecule has 0 radical (unpaired) electrons. The summed E-state index contributed by atoms with van der Waals surface area (Å²) in [4.78, 5) is 25.2. The van der Waals surface area contributed by atoms with Crippen LogP contribution in [0.2, 0.25) is 0 Å². The maximum Gasteiger partial charge on any atom is 0.328 e. The average Bonchev–Trinajstić information content (AvgIpc) is 2.88. The smallest absolute Gasteiger partial charge is 0.328 e. The third-order valence-electron chi connectivity index (χ3n) is 3.16. The molecule has 0 atom stereocenters. The Morgan fingerprint density at radius 3 is 2.76 bits per heavy atom. The second kappa shape index (κ2) is 9.34. The highest BCUT2D eigenvalue weighted by atomic mass is 32.1. The Bertz CT molecular complexity index is 493. The molecule has 0 saturated heterocycles. The molecule has 1 aromatic rings. The summed E-state index contributed by atoms with van der Waals surface area (Å²) >= 11 is 1.54. The number of carbonyl (C=O) groups is 2. The lowest BCUT2D eigenvalue weighted by Crippen LogP contribution is -2.25. The van der Waals surface area contributed by atoms with Gasteiger partial charge in [-0.3, -0.25) is 4.79 Å². The zero-order valence-electron chi connectivity index (χ0n) is 12.7. The molecule has 0 saturated carbocycles. The summed E-state index contributed by atoms with van der Waals surface area (Å²) in [6.45, 7) is 2.74. The standard InChI is InChI=1S/C16H23NO3S/c1-3-4-5-6-7-15(18)17(2)11-14-10-13(12-21-14)8-9-16(19)20/h8-10,12H,3-7,11H2,1-2H3,(H,19,20)/b9-8+. The van der Waals surface area contributed by atoms with Crippen LogP contribution >= 0.6 is 11.3 Å². The van der Waals surface area contributed by atoms with Crippen LogP contribution in [0.5, 0.6) is 0 Å². The van der Waals surface area contributed by atoms with Gasteiger partial charge in [-0.2, -0.15) is 0 Å². The SMILES string of the molecule is CCCCCCC(=O)N(C)Cc1cc(/C=C/C(=O)O)cs1. The molecule has 0 bridgehead atoms. The molecule has 21 heavy (non-hydrogen) atoms. The Morgan fingerprint density at radius 1 is 1.33 bits per heavy atom. The quantitative estimate of drug-likeness (QED) is 0.558. The van der Waals surface area contributed by atoms with Crippen LogP contribution in [0.25, 0.3) is 6.08 Å². The zero-order valence-corrected chi connectivity index (χ0v) is 13.5. The van der Waals surface area contributed by atoms with Crippen LogP contribution in [0.1, 0.15) is 49.5 Å². The molecule has 0 aliphatic carbocycles. The first-order valence-electron chi connectivity index (χ1n) is 7.25. The molecule has 1 aromatic heterocycles. The number of thiophene rings is 1. The van der Waals surface area contributed by atoms with Crippen molar-refractivity contribution in [2.75, 3.05) is 7.05 Å². The number of hydrogen-bond acceptors (Lipinski definition) is 3. The Labute approximate surface area is 130 Å². The van der Waals surface area contributed by atoms with Gasteiger partial charge in [0.1, 0.15) is 0 Å². The van der Waals surface area contributed by atoms with Crippen LogP contribution in [0.3, 0.4) is 0 Å². The van der Waals surface area contributed by atoms with Gasteiger partial charge in [0.05, 0.1) is 6.54 Å². The van der Waals surface area contributed by atoms with Gasteiger partial charge >= 0.3 is 5.97 Å². The molecule has 0 spiro atoms. The topological polar surface area (TPSA) is 57.6 Å². The number of aliphatic carboxylic acids is 1. The van der Waals surface area contributed by atoms with E-state index in [4.69, 9.17) is 5.11 Å². The molecule has 1 rings (SSSR count). The number of nitrogens with zero attached hydrogens (tertiary/aromatic N) is 1. The van der Waals surface area contributed by atoms with Crippen molar-refractivity contribution < 1.29 is 14.7 Å². The lowest BCUT2D eigenvalue weighted by Gasteiger charge is -2.16. The maximum absolute atomic E-state index is 12.0. The molecule has 1 N–H and O–H groups in total. The van der Waals surface area contributed by atoms with E-state index in [-0.39, 0.29) is 5.91 Å². The molecule has 1 heterocycles. The van der Waals surface area contributed by atoms with E-state index in [9.17, 15) is 9.59 Å². The van der Waals surface area contributed by atoms with E-state index in [0.717, 1.165) is 29.4 Å². The fraction of sp³-hybridized carbons (Fsp3) is 0.500. The molecular weight excluding hydrogens is 286 g/mol. The number of amides is 1. The Balaban J connectivity index is 2.41. The number of rotatable bonds is 9. The van der Waals surface area contributed by atoms with E-state index in [2.05, 4.69) is 6.92 Å². The largest absolute Gasteiger partial charge is 0.478 e. The monoisotopic (exact) mass is 309 g/mol. The fourth-order valence-corrected chi connectivity index (χ4v) is 2.86. The van der Waals surface area contributed by atoms with E-state index in [1.807, 2.05) is 18.5 Å². The molecule has 4 nitrogen and oxygen atoms in total. The summed E-state index contributed by atoms with van der Waals surface area (Å²) in [5, 5.41) is 10.5. The van der Waals surface area contributed by atoms with Crippen LogP contribution in [0, 0.1) is 0 Å². The van der Waals surface area contributed by atoms with Gasteiger partial charge in [0.2, 0.25) is 5.91 Å². The van der Waals surface area contributed by atoms with Crippen LogP contribution < -0.4 is 0 Å². The van der Waals surface area contributed by atoms with Crippen molar-refractivity contribution in [2.45, 2.75) is 45.6 Å². The van der Waals surface area contributed by atoms with E-state index >= 15 is 0 Å². The molecule has 0 fully saturated rings. The predicted molar refractivity (Wildman–Crippen MR) is 86.2 cm³/mol. The van der Waals surface area contributed by atoms with E-state index in [0.29, 0.717) is 13.0 Å². The second-order valence-electron chi connectivity index (χ2n) is 5.08. The molecule has 0 unspecified atom stereocenters. The van der Waals surface area contributed by atoms with Crippen LogP contribution in [0.4, 0.5) is 0 Å². The normalized spacial score (nSPS) is 11.0. The highest BCUT2D eigenvalue weighted by Crippen LogP contribution is 2.18. The van der Waals surface area contributed by atoms with Gasteiger partial charge in [0.15, 0.2) is 0 Å². The van der Waals surface area contributed by atoms with Crippen LogP contribution in [0.15, 0.2) is 17.5 Å². The number of unbranched alkanes of at least 4 members (excludes halogenated alkanes) is 3. The first kappa shape index (κ1) is 17.4. The van der Waals surface area contributed by atoms with Gasteiger partial charge in [-0.15, -0.1) is 11.3 Å². The minimum Gasteiger partial charge on any atom is -0.478 e. The molecule has 0 aromatic carbocycles. The van der Waals surface area contributed by atoms with Gasteiger partial charge in [-0.05, 0) is 29.5 Å². The van der Waals surface area contributed by atoms with Gasteiger partial charge in [0, 0.05) is 24.4 Å². The van der Waals surface area contributed by atoms with Crippen LogP contribution in [-0.4, -0.2) is 28.9 Å². The van der Waals surface area contributed by atoms with E-state index < -0.39 is 5.97 Å². The minimum atomic E-state index is -0.956. The summed E-state index contributed by atoms with van der Waals surface area (Å²) in [5.74, 6) is -0.788. The highest BCUT2D eigenvalue weighted by molar-refractivity contribution is 7.10. The lowest BCUT2D eigenvalue weighted by atomic mass is 10.1. The Morgan fingerprint density at radius 2 is 2.10 bits per heavy atom. The molecular formula is C16H23NO3S. The van der Waals surface area contributed by atoms with Crippen molar-refractivity contribution >= 4 is 29.3 Å². The lowest BCUT2D eigenvalue weighted by molar-refractivity contribution is -0.131. The summed E-state index contributed by atoms with van der Waals surface area (Å²) in [7, 11) is 1.81. The van der Waals surface area contributed by atoms with Crippen molar-refractivity contribution in [1.82, 2.24) is 4.90 Å². The number of hydrogen-bond donors (Lipinski definition) is 1. The summed E-state index contributed by atoms with van der Waals surface area (Å²) in [5.41, 5.74) is 0.862. The van der Waals surface area contributed by atoms with Gasteiger partial charge < -0.3 is 10.0 Å². The van der Waals surface area contributed by atoms with Crippen molar-refractivity contribution in [3.63, 3.8) is 0 Å². The molecule has 0 aliphatic heterocycles. The zero-order chi connectivity index (χ0) is 15.7. The molecule has 1 amide bonds. The number of carboxylic acids is 1. The van der Waals surface area contributed by atoms with Crippen molar-refractivity contribution in [3.8, 4) is 0 Å². The average molecular weight is 309 g/mol. The summed E-state index contributed by atoms with van der Waals surface area (Å²) < 4.78 is 0. The third-order valence-corrected chi connectivity index (χ3v) is 4.10. The maximum atomic E-state index is 12.0. The Kier molecular flexibility index (Phi) is 7.75. The summed E-state index contributed by atoms with van der Waals surface area (Å²) in [6.07, 6.45) is 7.71. The molecule has 0 aliphatic rings. The number of carbonyl (C=O) groups excluding carboxylic acids is 1. The number of carboxylic acid groups (broad SMARTS) is 1. The van der Waals surface area contributed by atoms with E-state index in [1.54, 1.807) is 22.3 Å². The highest BCUT2D eigenvalue weighted by Gasteiger charge is 2.10. The predicted octanol–water partition coefficient (Wildman–Crippen LogP) is 3.77. The van der Waals surface area contributed by atoms with E-state index in [1.165, 1.54) is 12.8 Å². The van der Waals surface area contributed by atoms with Crippen molar-refractivity contribution in [1.29, 1.82) is 0 Å².